The highest BCUT2D eigenvalue weighted by Gasteiger charge is 2.12. The highest BCUT2D eigenvalue weighted by molar-refractivity contribution is 5.97. The zero-order valence-corrected chi connectivity index (χ0v) is 10.5. The molecule has 0 radical (unpaired) electrons. The van der Waals surface area contributed by atoms with Crippen LogP contribution >= 0.6 is 0 Å². The first kappa shape index (κ1) is 13.3. The highest BCUT2D eigenvalue weighted by atomic mass is 16.5. The van der Waals surface area contributed by atoms with Gasteiger partial charge < -0.3 is 16.2 Å². The lowest BCUT2D eigenvalue weighted by atomic mass is 9.93. The molecule has 0 saturated carbocycles. The number of pyridine rings is 1. The van der Waals surface area contributed by atoms with Crippen LogP contribution < -0.4 is 16.2 Å². The molecule has 1 heterocycles. The third-order valence-corrected chi connectivity index (χ3v) is 2.28. The Kier molecular flexibility index (Phi) is 3.93. The molecule has 0 aliphatic heterocycles. The standard InChI is InChI=1S/C12H19N3O2/c1-12(2,3)4-5-17-10-6-8(11(14)16)9(13)7-15-10/h6-7H,4-5,13H2,1-3H3,(H2,14,16). The van der Waals surface area contributed by atoms with Gasteiger partial charge in [0, 0.05) is 6.07 Å². The normalized spacial score (nSPS) is 11.2. The Labute approximate surface area is 101 Å². The van der Waals surface area contributed by atoms with Gasteiger partial charge in [-0.1, -0.05) is 20.8 Å². The van der Waals surface area contributed by atoms with E-state index in [-0.39, 0.29) is 16.7 Å². The minimum atomic E-state index is -0.578. The van der Waals surface area contributed by atoms with Crippen LogP contribution in [0.15, 0.2) is 12.3 Å². The first-order valence-electron chi connectivity index (χ1n) is 5.48. The van der Waals surface area contributed by atoms with Gasteiger partial charge in [-0.25, -0.2) is 4.98 Å². The molecule has 0 unspecified atom stereocenters. The van der Waals surface area contributed by atoms with Crippen molar-refractivity contribution in [3.8, 4) is 5.88 Å². The maximum absolute atomic E-state index is 11.1. The van der Waals surface area contributed by atoms with Gasteiger partial charge in [0.2, 0.25) is 5.88 Å². The number of carbonyl (C=O) groups is 1. The summed E-state index contributed by atoms with van der Waals surface area (Å²) in [5.41, 5.74) is 11.4. The number of amides is 1. The van der Waals surface area contributed by atoms with Gasteiger partial charge in [-0.3, -0.25) is 4.79 Å². The number of ether oxygens (including phenoxy) is 1. The van der Waals surface area contributed by atoms with Crippen LogP contribution in [0.1, 0.15) is 37.6 Å². The maximum atomic E-state index is 11.1. The predicted molar refractivity (Wildman–Crippen MR) is 66.7 cm³/mol. The van der Waals surface area contributed by atoms with Crippen molar-refractivity contribution >= 4 is 11.6 Å². The van der Waals surface area contributed by atoms with E-state index in [1.807, 2.05) is 0 Å². The van der Waals surface area contributed by atoms with Crippen molar-refractivity contribution in [2.45, 2.75) is 27.2 Å². The summed E-state index contributed by atoms with van der Waals surface area (Å²) in [6, 6.07) is 1.47. The maximum Gasteiger partial charge on any atom is 0.251 e. The Morgan fingerprint density at radius 3 is 2.65 bits per heavy atom. The fourth-order valence-corrected chi connectivity index (χ4v) is 1.20. The van der Waals surface area contributed by atoms with E-state index in [2.05, 4.69) is 25.8 Å². The average molecular weight is 237 g/mol. The fourth-order valence-electron chi connectivity index (χ4n) is 1.20. The molecule has 0 bridgehead atoms. The van der Waals surface area contributed by atoms with Gasteiger partial charge >= 0.3 is 0 Å². The first-order chi connectivity index (χ1) is 7.79. The number of aromatic nitrogens is 1. The van der Waals surface area contributed by atoms with Crippen molar-refractivity contribution in [2.24, 2.45) is 11.1 Å². The summed E-state index contributed by atoms with van der Waals surface area (Å²) in [5, 5.41) is 0. The van der Waals surface area contributed by atoms with E-state index >= 15 is 0 Å². The molecule has 1 amide bonds. The number of carbonyl (C=O) groups excluding carboxylic acids is 1. The second-order valence-electron chi connectivity index (χ2n) is 5.13. The molecule has 0 fully saturated rings. The number of anilines is 1. The van der Waals surface area contributed by atoms with Crippen LogP contribution in [0.4, 0.5) is 5.69 Å². The molecule has 1 aromatic heterocycles. The Balaban J connectivity index is 2.67. The van der Waals surface area contributed by atoms with E-state index < -0.39 is 5.91 Å². The monoisotopic (exact) mass is 237 g/mol. The lowest BCUT2D eigenvalue weighted by Crippen LogP contribution is -2.15. The van der Waals surface area contributed by atoms with Crippen molar-refractivity contribution < 1.29 is 9.53 Å². The summed E-state index contributed by atoms with van der Waals surface area (Å²) in [6.07, 6.45) is 2.28. The fraction of sp³-hybridized carbons (Fsp3) is 0.500. The molecular weight excluding hydrogens is 218 g/mol. The lowest BCUT2D eigenvalue weighted by molar-refractivity contribution is 0.100. The number of primary amides is 1. The van der Waals surface area contributed by atoms with E-state index in [1.54, 1.807) is 0 Å². The molecular formula is C12H19N3O2. The highest BCUT2D eigenvalue weighted by Crippen LogP contribution is 2.20. The molecule has 0 aromatic carbocycles. The molecule has 94 valence electrons. The van der Waals surface area contributed by atoms with Crippen LogP contribution in [-0.2, 0) is 0 Å². The lowest BCUT2D eigenvalue weighted by Gasteiger charge is -2.17. The molecule has 0 saturated heterocycles. The van der Waals surface area contributed by atoms with Crippen molar-refractivity contribution in [3.63, 3.8) is 0 Å². The number of nitrogen functional groups attached to an aromatic ring is 1. The van der Waals surface area contributed by atoms with Gasteiger partial charge in [0.25, 0.3) is 5.91 Å². The van der Waals surface area contributed by atoms with Crippen molar-refractivity contribution in [2.75, 3.05) is 12.3 Å². The second kappa shape index (κ2) is 5.03. The van der Waals surface area contributed by atoms with E-state index in [0.29, 0.717) is 12.5 Å². The molecule has 1 rings (SSSR count). The van der Waals surface area contributed by atoms with Gasteiger partial charge in [0.15, 0.2) is 0 Å². The molecule has 1 aromatic rings. The molecule has 17 heavy (non-hydrogen) atoms. The molecule has 0 spiro atoms. The van der Waals surface area contributed by atoms with Crippen LogP contribution in [0.25, 0.3) is 0 Å². The van der Waals surface area contributed by atoms with E-state index in [4.69, 9.17) is 16.2 Å². The van der Waals surface area contributed by atoms with Crippen molar-refractivity contribution in [1.82, 2.24) is 4.98 Å². The van der Waals surface area contributed by atoms with E-state index in [0.717, 1.165) is 6.42 Å². The van der Waals surface area contributed by atoms with Crippen molar-refractivity contribution in [3.05, 3.63) is 17.8 Å². The predicted octanol–water partition coefficient (Wildman–Crippen LogP) is 1.58. The van der Waals surface area contributed by atoms with Gasteiger partial charge in [0.1, 0.15) is 0 Å². The summed E-state index contributed by atoms with van der Waals surface area (Å²) in [5.74, 6) is -0.206. The number of nitrogens with two attached hydrogens (primary N) is 2. The summed E-state index contributed by atoms with van der Waals surface area (Å²) in [4.78, 5) is 15.1. The molecule has 0 aliphatic rings. The van der Waals surface area contributed by atoms with Crippen molar-refractivity contribution in [1.29, 1.82) is 0 Å². The largest absolute Gasteiger partial charge is 0.478 e. The average Bonchev–Trinajstić information content (AvgIpc) is 2.18. The van der Waals surface area contributed by atoms with Crippen LogP contribution in [0, 0.1) is 5.41 Å². The molecule has 5 nitrogen and oxygen atoms in total. The smallest absolute Gasteiger partial charge is 0.251 e. The third-order valence-electron chi connectivity index (χ3n) is 2.28. The quantitative estimate of drug-likeness (QED) is 0.831. The number of nitrogens with zero attached hydrogens (tertiary/aromatic N) is 1. The SMILES string of the molecule is CC(C)(C)CCOc1cc(C(N)=O)c(N)cn1. The van der Waals surface area contributed by atoms with Gasteiger partial charge in [-0.05, 0) is 11.8 Å². The van der Waals surface area contributed by atoms with Crippen LogP contribution in [-0.4, -0.2) is 17.5 Å². The topological polar surface area (TPSA) is 91.2 Å². The van der Waals surface area contributed by atoms with Gasteiger partial charge in [-0.2, -0.15) is 0 Å². The number of hydrogen-bond donors (Lipinski definition) is 2. The first-order valence-corrected chi connectivity index (χ1v) is 5.48. The zero-order valence-electron chi connectivity index (χ0n) is 10.5. The summed E-state index contributed by atoms with van der Waals surface area (Å²) < 4.78 is 5.45. The molecule has 4 N–H and O–H groups in total. The summed E-state index contributed by atoms with van der Waals surface area (Å²) >= 11 is 0. The Morgan fingerprint density at radius 1 is 1.47 bits per heavy atom. The van der Waals surface area contributed by atoms with E-state index in [9.17, 15) is 4.79 Å². The molecule has 0 aliphatic carbocycles. The molecule has 0 atom stereocenters. The van der Waals surface area contributed by atoms with Crippen LogP contribution in [0.2, 0.25) is 0 Å². The number of hydrogen-bond acceptors (Lipinski definition) is 4. The minimum Gasteiger partial charge on any atom is -0.478 e. The second-order valence-corrected chi connectivity index (χ2v) is 5.13. The summed E-state index contributed by atoms with van der Waals surface area (Å²) in [6.45, 7) is 6.92. The molecule has 5 heteroatoms. The van der Waals surface area contributed by atoms with E-state index in [1.165, 1.54) is 12.3 Å². The summed E-state index contributed by atoms with van der Waals surface area (Å²) in [7, 11) is 0. The number of rotatable bonds is 4. The Hall–Kier alpha value is -1.78. The Morgan fingerprint density at radius 2 is 2.12 bits per heavy atom. The third kappa shape index (κ3) is 4.30. The van der Waals surface area contributed by atoms with Crippen LogP contribution in [0.5, 0.6) is 5.88 Å². The minimum absolute atomic E-state index is 0.195. The van der Waals surface area contributed by atoms with Gasteiger partial charge in [0.05, 0.1) is 24.1 Å². The van der Waals surface area contributed by atoms with Crippen LogP contribution in [0.3, 0.4) is 0 Å². The zero-order chi connectivity index (χ0) is 13.1. The Bertz CT molecular complexity index is 411. The van der Waals surface area contributed by atoms with Gasteiger partial charge in [-0.15, -0.1) is 0 Å².